The van der Waals surface area contributed by atoms with Crippen LogP contribution in [0.4, 0.5) is 0 Å². The molecule has 0 bridgehead atoms. The largest absolute Gasteiger partial charge is 2.00 e. The van der Waals surface area contributed by atoms with Gasteiger partial charge in [0.2, 0.25) is 0 Å². The Morgan fingerprint density at radius 2 is 0.411 bits per heavy atom. The summed E-state index contributed by atoms with van der Waals surface area (Å²) in [4.78, 5) is 39.9. The maximum absolute atomic E-state index is 9.98. The SMILES string of the molecule is C(#CP(c1ccccc1)c1ccccc1)P(c1ccccc1)c1ccccc1.C(#CP(c1ccccc1)c1ccccc1)P(c1ccccc1)c1ccccc1.CC(=O)/C=C(/C)[O-].CC(=O)/C=C(/C)[O-].CC(=O)/C=C(/C)[O-].CC(=O)/C=C(/C)[O-].CCCCCC.ClCCl.[Ru+2].[Ru+2]. The summed E-state index contributed by atoms with van der Waals surface area (Å²) < 4.78 is 0. The van der Waals surface area contributed by atoms with Gasteiger partial charge < -0.3 is 20.4 Å². The van der Waals surface area contributed by atoms with E-state index < -0.39 is 31.7 Å². The third-order valence-corrected chi connectivity index (χ3v) is 19.5. The first kappa shape index (κ1) is 90.3. The number of hydrogen-bond donors (Lipinski definition) is 0. The van der Waals surface area contributed by atoms with Crippen molar-refractivity contribution in [2.45, 2.75) is 94.9 Å². The topological polar surface area (TPSA) is 161 Å². The first-order chi connectivity index (χ1) is 44.7. The van der Waals surface area contributed by atoms with E-state index in [-0.39, 0.29) is 90.5 Å². The minimum Gasteiger partial charge on any atom is -0.876 e. The maximum atomic E-state index is 9.98. The summed E-state index contributed by atoms with van der Waals surface area (Å²) in [5.74, 6) is -1.50. The number of benzene rings is 8. The summed E-state index contributed by atoms with van der Waals surface area (Å²) in [6.07, 6.45) is 9.76. The Morgan fingerprint density at radius 3 is 0.484 bits per heavy atom. The van der Waals surface area contributed by atoms with Crippen LogP contribution >= 0.6 is 54.9 Å². The molecule has 8 aromatic rings. The number of halogens is 2. The van der Waals surface area contributed by atoms with Gasteiger partial charge in [-0.25, -0.2) is 0 Å². The minimum atomic E-state index is -0.709. The van der Waals surface area contributed by atoms with Gasteiger partial charge in [0, 0.05) is 31.7 Å². The maximum Gasteiger partial charge on any atom is 2.00 e. The molecule has 0 aliphatic carbocycles. The zero-order chi connectivity index (χ0) is 69.0. The Labute approximate surface area is 607 Å². The van der Waals surface area contributed by atoms with Crippen molar-refractivity contribution in [3.8, 4) is 22.6 Å². The second kappa shape index (κ2) is 57.5. The average Bonchev–Trinajstić information content (AvgIpc) is 0.929. The number of unbranched alkanes of at least 4 members (excludes halogenated alkanes) is 3. The normalized spacial score (nSPS) is 10.3. The second-order valence-electron chi connectivity index (χ2n) is 19.7. The van der Waals surface area contributed by atoms with Crippen LogP contribution in [0.25, 0.3) is 0 Å². The number of ketones is 4. The molecule has 8 nitrogen and oxygen atoms in total. The standard InChI is InChI=1S/2C26H20P2.C6H14.4C5H8O2.CH2Cl2.2Ru/c2*1-5-13-23(14-6-1)27(24-15-7-2-8-16-24)21-22-28(25-17-9-3-10-18-25)26-19-11-4-12-20-26;1-3-5-6-4-2;4*1-4(6)3-5(2)7;2-1-3;;/h2*1-20H;3-6H2,1-2H3;4*3,6H,1-2H3;1H2;;/q;;;;;;;;2*+2/p-4/b;;;4*4-3-;;;. The molecule has 0 radical (unpaired) electrons. The molecular formula is C79H84Cl2O8P4Ru2. The van der Waals surface area contributed by atoms with E-state index in [1.807, 2.05) is 0 Å². The van der Waals surface area contributed by atoms with Crippen LogP contribution in [-0.2, 0) is 58.1 Å². The zero-order valence-corrected chi connectivity index (χ0v) is 64.0. The summed E-state index contributed by atoms with van der Waals surface area (Å²) in [6.45, 7) is 15.3. The van der Waals surface area contributed by atoms with E-state index in [1.165, 1.54) is 124 Å². The second-order valence-corrected chi connectivity index (χ2v) is 28.3. The molecule has 0 spiro atoms. The van der Waals surface area contributed by atoms with Crippen LogP contribution in [0.5, 0.6) is 0 Å². The first-order valence-electron chi connectivity index (χ1n) is 29.9. The van der Waals surface area contributed by atoms with Gasteiger partial charge in [0.1, 0.15) is 0 Å². The van der Waals surface area contributed by atoms with E-state index in [9.17, 15) is 39.6 Å². The van der Waals surface area contributed by atoms with Crippen LogP contribution < -0.4 is 62.9 Å². The van der Waals surface area contributed by atoms with Gasteiger partial charge in [-0.15, -0.1) is 46.2 Å². The van der Waals surface area contributed by atoms with Crippen molar-refractivity contribution in [3.05, 3.63) is 290 Å². The van der Waals surface area contributed by atoms with Crippen molar-refractivity contribution in [2.75, 3.05) is 5.34 Å². The van der Waals surface area contributed by atoms with E-state index in [0.717, 1.165) is 24.3 Å². The molecule has 0 unspecified atom stereocenters. The van der Waals surface area contributed by atoms with E-state index in [2.05, 4.69) is 279 Å². The summed E-state index contributed by atoms with van der Waals surface area (Å²) in [5.41, 5.74) is 14.8. The van der Waals surface area contributed by atoms with E-state index >= 15 is 0 Å². The average molecular weight is 1560 g/mol. The molecule has 0 N–H and O–H groups in total. The molecule has 0 heterocycles. The third kappa shape index (κ3) is 45.4. The first-order valence-corrected chi connectivity index (χ1v) is 36.3. The van der Waals surface area contributed by atoms with Gasteiger partial charge in [-0.1, -0.05) is 333 Å². The van der Waals surface area contributed by atoms with Crippen LogP contribution in [0.2, 0.25) is 0 Å². The molecule has 0 saturated carbocycles. The Kier molecular flexibility index (Phi) is 54.7. The molecule has 16 heteroatoms. The third-order valence-electron chi connectivity index (χ3n) is 11.2. The fraction of sp³-hybridized carbons (Fsp3) is 0.190. The van der Waals surface area contributed by atoms with Crippen molar-refractivity contribution >= 4 is 120 Å². The van der Waals surface area contributed by atoms with Crippen LogP contribution in [0, 0.1) is 22.6 Å². The van der Waals surface area contributed by atoms with Gasteiger partial charge in [-0.05, 0) is 94.4 Å². The number of carbonyl (C=O) groups excluding carboxylic acids is 4. The van der Waals surface area contributed by atoms with Crippen LogP contribution in [0.1, 0.15) is 94.9 Å². The molecule has 8 aromatic carbocycles. The molecule has 0 aromatic heterocycles. The van der Waals surface area contributed by atoms with Gasteiger partial charge in [-0.2, -0.15) is 0 Å². The van der Waals surface area contributed by atoms with E-state index in [4.69, 9.17) is 23.2 Å². The Bertz CT molecular complexity index is 2960. The van der Waals surface area contributed by atoms with Crippen LogP contribution in [-0.4, -0.2) is 28.5 Å². The van der Waals surface area contributed by atoms with Gasteiger partial charge in [-0.3, -0.25) is 19.2 Å². The fourth-order valence-electron chi connectivity index (χ4n) is 7.57. The molecule has 8 rings (SSSR count). The van der Waals surface area contributed by atoms with Crippen LogP contribution in [0.3, 0.4) is 0 Å². The predicted octanol–water partition coefficient (Wildman–Crippen LogP) is 13.7. The minimum absolute atomic E-state index is 0. The van der Waals surface area contributed by atoms with E-state index in [1.54, 1.807) is 0 Å². The van der Waals surface area contributed by atoms with Gasteiger partial charge in [0.25, 0.3) is 0 Å². The van der Waals surface area contributed by atoms with Crippen molar-refractivity contribution in [3.63, 3.8) is 0 Å². The van der Waals surface area contributed by atoms with E-state index in [0.29, 0.717) is 0 Å². The molecule has 0 aliphatic heterocycles. The number of carbonyl (C=O) groups is 4. The summed E-state index contributed by atoms with van der Waals surface area (Å²) in [6, 6.07) is 85.3. The molecule has 0 saturated heterocycles. The number of rotatable bonds is 15. The molecule has 498 valence electrons. The van der Waals surface area contributed by atoms with Gasteiger partial charge in [0.05, 0.1) is 5.34 Å². The summed E-state index contributed by atoms with van der Waals surface area (Å²) >= 11 is 9.53. The molecule has 0 fully saturated rings. The number of alkyl halides is 2. The van der Waals surface area contributed by atoms with Gasteiger partial charge in [0.15, 0.2) is 23.1 Å². The summed E-state index contributed by atoms with van der Waals surface area (Å²) in [7, 11) is -2.84. The van der Waals surface area contributed by atoms with Crippen molar-refractivity contribution in [1.82, 2.24) is 0 Å². The summed E-state index contributed by atoms with van der Waals surface area (Å²) in [5, 5.41) is 50.5. The molecule has 0 atom stereocenters. The number of hydrogen-bond acceptors (Lipinski definition) is 8. The Hall–Kier alpha value is -6.73. The Morgan fingerprint density at radius 1 is 0.295 bits per heavy atom. The molecule has 0 aliphatic rings. The van der Waals surface area contributed by atoms with Crippen molar-refractivity contribution in [2.24, 2.45) is 0 Å². The number of allylic oxidation sites excluding steroid dienone is 8. The quantitative estimate of drug-likeness (QED) is 0.0186. The monoisotopic (exact) mass is 1560 g/mol. The van der Waals surface area contributed by atoms with Gasteiger partial charge >= 0.3 is 39.0 Å². The molecule has 0 amide bonds. The predicted molar refractivity (Wildman–Crippen MR) is 396 cm³/mol. The fourth-order valence-corrected chi connectivity index (χ4v) is 15.2. The molecular weight excluding hydrogens is 1470 g/mol. The zero-order valence-electron chi connectivity index (χ0n) is 55.5. The smallest absolute Gasteiger partial charge is 0.876 e. The molecule has 95 heavy (non-hydrogen) atoms. The Balaban J connectivity index is 0. The van der Waals surface area contributed by atoms with Crippen molar-refractivity contribution < 1.29 is 78.6 Å². The van der Waals surface area contributed by atoms with Crippen LogP contribution in [0.15, 0.2) is 290 Å². The van der Waals surface area contributed by atoms with Crippen molar-refractivity contribution in [1.29, 1.82) is 0 Å².